The molecule has 2 aliphatic heterocycles. The minimum atomic E-state index is -0.441. The van der Waals surface area contributed by atoms with E-state index in [0.29, 0.717) is 24.5 Å². The summed E-state index contributed by atoms with van der Waals surface area (Å²) in [5, 5.41) is 0. The van der Waals surface area contributed by atoms with Crippen molar-refractivity contribution in [2.24, 2.45) is 0 Å². The molecule has 0 radical (unpaired) electrons. The summed E-state index contributed by atoms with van der Waals surface area (Å²) in [6, 6.07) is 11.4. The average Bonchev–Trinajstić information content (AvgIpc) is 3.03. The molecule has 0 aromatic heterocycles. The van der Waals surface area contributed by atoms with E-state index in [-0.39, 0.29) is 24.1 Å². The van der Waals surface area contributed by atoms with Gasteiger partial charge >= 0.3 is 0 Å². The number of carbonyl (C=O) groups excluding carboxylic acids is 2. The number of piperazine rings is 1. The number of ether oxygens (including phenoxy) is 1. The number of hydrogen-bond acceptors (Lipinski definition) is 5. The van der Waals surface area contributed by atoms with Gasteiger partial charge in [0.2, 0.25) is 5.91 Å². The van der Waals surface area contributed by atoms with Crippen LogP contribution in [0.5, 0.6) is 5.75 Å². The van der Waals surface area contributed by atoms with E-state index in [1.807, 2.05) is 19.1 Å². The van der Waals surface area contributed by atoms with Crippen LogP contribution in [-0.2, 0) is 9.59 Å². The lowest BCUT2D eigenvalue weighted by Crippen LogP contribution is -2.52. The Hall–Kier alpha value is -2.93. The van der Waals surface area contributed by atoms with Gasteiger partial charge in [0.25, 0.3) is 5.91 Å². The lowest BCUT2D eigenvalue weighted by molar-refractivity contribution is -0.123. The fourth-order valence-electron chi connectivity index (χ4n) is 4.06. The molecule has 2 aromatic rings. The number of hydrogen-bond donors (Lipinski definition) is 0. The number of imide groups is 1. The number of methoxy groups -OCH3 is 1. The Labute approximate surface area is 169 Å². The smallest absolute Gasteiger partial charge is 0.251 e. The van der Waals surface area contributed by atoms with Gasteiger partial charge in [-0.15, -0.1) is 0 Å². The fraction of sp³-hybridized carbons (Fsp3) is 0.364. The number of halogens is 1. The molecule has 2 heterocycles. The number of carbonyl (C=O) groups is 2. The molecule has 6 nitrogen and oxygen atoms in total. The molecule has 7 heteroatoms. The number of aryl methyl sites for hydroxylation is 1. The Morgan fingerprint density at radius 1 is 1.00 bits per heavy atom. The number of anilines is 2. The highest BCUT2D eigenvalue weighted by Gasteiger charge is 2.43. The predicted octanol–water partition coefficient (Wildman–Crippen LogP) is 2.60. The first-order valence-corrected chi connectivity index (χ1v) is 9.74. The normalized spacial score (nSPS) is 20.4. The van der Waals surface area contributed by atoms with Crippen LogP contribution in [0.4, 0.5) is 15.8 Å². The van der Waals surface area contributed by atoms with Crippen molar-refractivity contribution in [3.05, 3.63) is 53.8 Å². The Balaban J connectivity index is 1.46. The van der Waals surface area contributed by atoms with Crippen molar-refractivity contribution in [3.63, 3.8) is 0 Å². The fourth-order valence-corrected chi connectivity index (χ4v) is 4.06. The summed E-state index contributed by atoms with van der Waals surface area (Å²) >= 11 is 0. The van der Waals surface area contributed by atoms with E-state index in [0.717, 1.165) is 24.3 Å². The number of nitrogens with zero attached hydrogens (tertiary/aromatic N) is 3. The molecule has 2 aromatic carbocycles. The molecule has 29 heavy (non-hydrogen) atoms. The quantitative estimate of drug-likeness (QED) is 0.743. The third-order valence-electron chi connectivity index (χ3n) is 5.73. The van der Waals surface area contributed by atoms with Gasteiger partial charge in [0.05, 0.1) is 25.3 Å². The van der Waals surface area contributed by atoms with Crippen LogP contribution >= 0.6 is 0 Å². The molecular formula is C22H24FN3O3. The van der Waals surface area contributed by atoms with Gasteiger partial charge in [-0.3, -0.25) is 14.5 Å². The minimum absolute atomic E-state index is 0.179. The monoisotopic (exact) mass is 397 g/mol. The maximum absolute atomic E-state index is 13.1. The summed E-state index contributed by atoms with van der Waals surface area (Å²) in [6.07, 6.45) is 0.187. The molecule has 0 N–H and O–H groups in total. The van der Waals surface area contributed by atoms with E-state index in [4.69, 9.17) is 4.74 Å². The first-order chi connectivity index (χ1) is 14.0. The van der Waals surface area contributed by atoms with E-state index in [9.17, 15) is 14.0 Å². The van der Waals surface area contributed by atoms with Crippen LogP contribution in [0.25, 0.3) is 0 Å². The Morgan fingerprint density at radius 3 is 2.34 bits per heavy atom. The molecule has 1 atom stereocenters. The van der Waals surface area contributed by atoms with Crippen LogP contribution < -0.4 is 14.5 Å². The van der Waals surface area contributed by atoms with Crippen LogP contribution in [-0.4, -0.2) is 56.0 Å². The van der Waals surface area contributed by atoms with E-state index in [1.54, 1.807) is 25.3 Å². The van der Waals surface area contributed by atoms with E-state index in [2.05, 4.69) is 9.80 Å². The highest BCUT2D eigenvalue weighted by molar-refractivity contribution is 6.22. The molecule has 0 aliphatic carbocycles. The number of amides is 2. The van der Waals surface area contributed by atoms with Gasteiger partial charge in [0.1, 0.15) is 11.6 Å². The van der Waals surface area contributed by atoms with Crippen LogP contribution in [0.3, 0.4) is 0 Å². The van der Waals surface area contributed by atoms with Crippen LogP contribution in [0.2, 0.25) is 0 Å². The highest BCUT2D eigenvalue weighted by atomic mass is 19.1. The molecule has 4 rings (SSSR count). The Bertz CT molecular complexity index is 923. The topological polar surface area (TPSA) is 53.1 Å². The van der Waals surface area contributed by atoms with Crippen molar-refractivity contribution in [1.29, 1.82) is 0 Å². The molecular weight excluding hydrogens is 373 g/mol. The van der Waals surface area contributed by atoms with Crippen LogP contribution in [0.15, 0.2) is 42.5 Å². The van der Waals surface area contributed by atoms with Crippen LogP contribution in [0.1, 0.15) is 12.0 Å². The lowest BCUT2D eigenvalue weighted by Gasteiger charge is -2.38. The number of benzene rings is 2. The zero-order chi connectivity index (χ0) is 20.5. The molecule has 2 fully saturated rings. The first-order valence-electron chi connectivity index (χ1n) is 9.74. The highest BCUT2D eigenvalue weighted by Crippen LogP contribution is 2.32. The average molecular weight is 397 g/mol. The summed E-state index contributed by atoms with van der Waals surface area (Å²) in [5.41, 5.74) is 2.41. The summed E-state index contributed by atoms with van der Waals surface area (Å²) in [6.45, 7) is 4.67. The number of rotatable bonds is 4. The van der Waals surface area contributed by atoms with Crippen molar-refractivity contribution >= 4 is 23.2 Å². The van der Waals surface area contributed by atoms with Gasteiger partial charge in [0.15, 0.2) is 0 Å². The first kappa shape index (κ1) is 19.4. The largest absolute Gasteiger partial charge is 0.497 e. The SMILES string of the molecule is COc1ccc(C)c(N2C(=O)CC(N3CCN(c4ccc(F)cc4)CC3)C2=O)c1. The predicted molar refractivity (Wildman–Crippen MR) is 109 cm³/mol. The molecule has 2 aliphatic rings. The molecule has 0 spiro atoms. The second kappa shape index (κ2) is 7.83. The second-order valence-electron chi connectivity index (χ2n) is 7.44. The van der Waals surface area contributed by atoms with Crippen molar-refractivity contribution in [1.82, 2.24) is 4.90 Å². The van der Waals surface area contributed by atoms with Gasteiger partial charge in [-0.1, -0.05) is 6.07 Å². The maximum atomic E-state index is 13.1. The molecule has 2 saturated heterocycles. The van der Waals surface area contributed by atoms with Crippen LogP contribution in [0, 0.1) is 12.7 Å². The molecule has 2 amide bonds. The molecule has 0 bridgehead atoms. The zero-order valence-corrected chi connectivity index (χ0v) is 16.6. The molecule has 152 valence electrons. The van der Waals surface area contributed by atoms with E-state index < -0.39 is 6.04 Å². The van der Waals surface area contributed by atoms with Gasteiger partial charge in [-0.2, -0.15) is 0 Å². The Morgan fingerprint density at radius 2 is 1.69 bits per heavy atom. The maximum Gasteiger partial charge on any atom is 0.251 e. The van der Waals surface area contributed by atoms with E-state index >= 15 is 0 Å². The zero-order valence-electron chi connectivity index (χ0n) is 16.6. The molecule has 0 saturated carbocycles. The van der Waals surface area contributed by atoms with Crippen molar-refractivity contribution in [2.75, 3.05) is 43.1 Å². The van der Waals surface area contributed by atoms with Gasteiger partial charge < -0.3 is 9.64 Å². The summed E-state index contributed by atoms with van der Waals surface area (Å²) < 4.78 is 18.4. The third kappa shape index (κ3) is 3.70. The van der Waals surface area contributed by atoms with Crippen molar-refractivity contribution in [2.45, 2.75) is 19.4 Å². The van der Waals surface area contributed by atoms with Gasteiger partial charge in [-0.25, -0.2) is 9.29 Å². The van der Waals surface area contributed by atoms with Crippen molar-refractivity contribution < 1.29 is 18.7 Å². The van der Waals surface area contributed by atoms with Crippen molar-refractivity contribution in [3.8, 4) is 5.75 Å². The van der Waals surface area contributed by atoms with Gasteiger partial charge in [0, 0.05) is 37.9 Å². The van der Waals surface area contributed by atoms with Gasteiger partial charge in [-0.05, 0) is 42.8 Å². The summed E-state index contributed by atoms with van der Waals surface area (Å²) in [4.78, 5) is 31.4. The third-order valence-corrected chi connectivity index (χ3v) is 5.73. The summed E-state index contributed by atoms with van der Waals surface area (Å²) in [5.74, 6) is -0.00292. The summed E-state index contributed by atoms with van der Waals surface area (Å²) in [7, 11) is 1.56. The minimum Gasteiger partial charge on any atom is -0.497 e. The lowest BCUT2D eigenvalue weighted by atomic mass is 10.1. The standard InChI is InChI=1S/C22H24FN3O3/c1-15-3-8-18(29-2)13-19(15)26-21(27)14-20(22(26)28)25-11-9-24(10-12-25)17-6-4-16(23)5-7-17/h3-8,13,20H,9-12,14H2,1-2H3. The Kier molecular flexibility index (Phi) is 5.24. The second-order valence-corrected chi connectivity index (χ2v) is 7.44. The van der Waals surface area contributed by atoms with E-state index in [1.165, 1.54) is 17.0 Å². The molecule has 1 unspecified atom stereocenters.